The van der Waals surface area contributed by atoms with Crippen LogP contribution in [0.4, 0.5) is 13.2 Å². The van der Waals surface area contributed by atoms with E-state index < -0.39 is 11.7 Å². The van der Waals surface area contributed by atoms with E-state index in [1.54, 1.807) is 4.90 Å². The van der Waals surface area contributed by atoms with Crippen LogP contribution in [0.1, 0.15) is 51.1 Å². The number of nitrogens with one attached hydrogen (secondary N) is 1. The van der Waals surface area contributed by atoms with Gasteiger partial charge in [0.1, 0.15) is 10.7 Å². The molecule has 2 aliphatic rings. The molecule has 2 aromatic heterocycles. The van der Waals surface area contributed by atoms with Gasteiger partial charge in [0.2, 0.25) is 0 Å². The van der Waals surface area contributed by atoms with Crippen molar-refractivity contribution in [2.45, 2.75) is 37.9 Å². The fourth-order valence-electron chi connectivity index (χ4n) is 3.51. The fourth-order valence-corrected chi connectivity index (χ4v) is 4.63. The predicted octanol–water partition coefficient (Wildman–Crippen LogP) is 4.63. The standard InChI is InChI=1S/C20H17F3N4OS/c21-20(22,23)13-5-3-12(4-6-13)18-24-14-7-8-27(10-17(14)29-18)19(28)16-9-15(25-26-16)11-1-2-11/h3-6,9,11H,1-2,7-8,10H2,(H,25,26). The number of rotatable bonds is 3. The molecule has 150 valence electrons. The summed E-state index contributed by atoms with van der Waals surface area (Å²) in [6.07, 6.45) is -1.46. The van der Waals surface area contributed by atoms with Gasteiger partial charge in [0.05, 0.1) is 17.8 Å². The van der Waals surface area contributed by atoms with Crippen molar-refractivity contribution in [3.8, 4) is 10.6 Å². The first-order chi connectivity index (χ1) is 13.9. The molecule has 1 aliphatic heterocycles. The van der Waals surface area contributed by atoms with E-state index in [-0.39, 0.29) is 5.91 Å². The number of halogens is 3. The zero-order valence-electron chi connectivity index (χ0n) is 15.3. The largest absolute Gasteiger partial charge is 0.416 e. The van der Waals surface area contributed by atoms with Crippen molar-refractivity contribution in [2.24, 2.45) is 0 Å². The molecule has 0 atom stereocenters. The first-order valence-corrected chi connectivity index (χ1v) is 10.2. The van der Waals surface area contributed by atoms with Crippen LogP contribution in [0.3, 0.4) is 0 Å². The van der Waals surface area contributed by atoms with Gasteiger partial charge in [0.15, 0.2) is 0 Å². The SMILES string of the molecule is O=C(c1cc(C2CC2)[nH]n1)N1CCc2nc(-c3ccc(C(F)(F)F)cc3)sc2C1. The summed E-state index contributed by atoms with van der Waals surface area (Å²) in [6.45, 7) is 0.992. The molecule has 0 spiro atoms. The molecule has 3 heterocycles. The average molecular weight is 418 g/mol. The highest BCUT2D eigenvalue weighted by Gasteiger charge is 2.31. The van der Waals surface area contributed by atoms with Crippen molar-refractivity contribution < 1.29 is 18.0 Å². The molecule has 0 bridgehead atoms. The maximum Gasteiger partial charge on any atom is 0.416 e. The van der Waals surface area contributed by atoms with E-state index in [2.05, 4.69) is 15.2 Å². The van der Waals surface area contributed by atoms with Crippen LogP contribution in [0.15, 0.2) is 30.3 Å². The highest BCUT2D eigenvalue weighted by Crippen LogP contribution is 2.39. The van der Waals surface area contributed by atoms with Crippen LogP contribution in [0.25, 0.3) is 10.6 Å². The van der Waals surface area contributed by atoms with Crippen LogP contribution in [0.2, 0.25) is 0 Å². The molecule has 1 saturated carbocycles. The number of fused-ring (bicyclic) bond motifs is 1. The quantitative estimate of drug-likeness (QED) is 0.675. The Morgan fingerprint density at radius 2 is 1.97 bits per heavy atom. The summed E-state index contributed by atoms with van der Waals surface area (Å²) in [5.74, 6) is 0.396. The van der Waals surface area contributed by atoms with Gasteiger partial charge < -0.3 is 4.90 Å². The minimum atomic E-state index is -4.35. The summed E-state index contributed by atoms with van der Waals surface area (Å²) in [7, 11) is 0. The molecule has 9 heteroatoms. The van der Waals surface area contributed by atoms with Gasteiger partial charge in [0.25, 0.3) is 5.91 Å². The van der Waals surface area contributed by atoms with Crippen LogP contribution >= 0.6 is 11.3 Å². The Morgan fingerprint density at radius 1 is 1.21 bits per heavy atom. The van der Waals surface area contributed by atoms with Crippen LogP contribution in [0.5, 0.6) is 0 Å². The van der Waals surface area contributed by atoms with E-state index >= 15 is 0 Å². The van der Waals surface area contributed by atoms with Crippen LogP contribution in [0, 0.1) is 0 Å². The molecule has 5 nitrogen and oxygen atoms in total. The first-order valence-electron chi connectivity index (χ1n) is 9.39. The lowest BCUT2D eigenvalue weighted by atomic mass is 10.1. The third-order valence-corrected chi connectivity index (χ3v) is 6.44. The molecule has 29 heavy (non-hydrogen) atoms. The van der Waals surface area contributed by atoms with Crippen molar-refractivity contribution in [3.63, 3.8) is 0 Å². The second kappa shape index (κ2) is 6.69. The van der Waals surface area contributed by atoms with Crippen LogP contribution in [-0.4, -0.2) is 32.5 Å². The molecule has 0 saturated heterocycles. The highest BCUT2D eigenvalue weighted by atomic mass is 32.1. The smallest absolute Gasteiger partial charge is 0.332 e. The van der Waals surface area contributed by atoms with Gasteiger partial charge in [0, 0.05) is 35.0 Å². The zero-order chi connectivity index (χ0) is 20.2. The van der Waals surface area contributed by atoms with Gasteiger partial charge in [-0.25, -0.2) is 4.98 Å². The number of hydrogen-bond donors (Lipinski definition) is 1. The van der Waals surface area contributed by atoms with Crippen molar-refractivity contribution in [2.75, 3.05) is 6.54 Å². The summed E-state index contributed by atoms with van der Waals surface area (Å²) >= 11 is 1.42. The maximum absolute atomic E-state index is 12.8. The lowest BCUT2D eigenvalue weighted by molar-refractivity contribution is -0.137. The van der Waals surface area contributed by atoms with Gasteiger partial charge in [-0.1, -0.05) is 12.1 Å². The van der Waals surface area contributed by atoms with E-state index in [1.807, 2.05) is 6.07 Å². The Bertz CT molecular complexity index is 1070. The van der Waals surface area contributed by atoms with Gasteiger partial charge in [-0.15, -0.1) is 11.3 Å². The van der Waals surface area contributed by atoms with Crippen LogP contribution in [-0.2, 0) is 19.1 Å². The lowest BCUT2D eigenvalue weighted by Crippen LogP contribution is -2.35. The predicted molar refractivity (Wildman–Crippen MR) is 102 cm³/mol. The number of amides is 1. The Labute approximate surface area is 168 Å². The Kier molecular flexibility index (Phi) is 4.23. The number of thiazole rings is 1. The summed E-state index contributed by atoms with van der Waals surface area (Å²) in [6, 6.07) is 6.87. The number of benzene rings is 1. The van der Waals surface area contributed by atoms with Gasteiger partial charge in [-0.3, -0.25) is 9.89 Å². The number of carbonyl (C=O) groups excluding carboxylic acids is 1. The first kappa shape index (κ1) is 18.4. The number of alkyl halides is 3. The van der Waals surface area contributed by atoms with Gasteiger partial charge in [-0.05, 0) is 31.0 Å². The Morgan fingerprint density at radius 3 is 2.66 bits per heavy atom. The number of aromatic nitrogens is 3. The molecule has 1 N–H and O–H groups in total. The molecule has 3 aromatic rings. The van der Waals surface area contributed by atoms with Crippen molar-refractivity contribution >= 4 is 17.2 Å². The number of carbonyl (C=O) groups is 1. The summed E-state index contributed by atoms with van der Waals surface area (Å²) in [5, 5.41) is 7.80. The molecule has 1 amide bonds. The molecule has 1 aromatic carbocycles. The topological polar surface area (TPSA) is 61.9 Å². The molecule has 5 rings (SSSR count). The van der Waals surface area contributed by atoms with Crippen molar-refractivity contribution in [1.82, 2.24) is 20.1 Å². The van der Waals surface area contributed by atoms with E-state index in [4.69, 9.17) is 0 Å². The van der Waals surface area contributed by atoms with Gasteiger partial charge >= 0.3 is 6.18 Å². The van der Waals surface area contributed by atoms with Gasteiger partial charge in [-0.2, -0.15) is 18.3 Å². The lowest BCUT2D eigenvalue weighted by Gasteiger charge is -2.25. The average Bonchev–Trinajstić information content (AvgIpc) is 3.27. The second-order valence-corrected chi connectivity index (χ2v) is 8.51. The number of H-pyrrole nitrogens is 1. The number of hydrogen-bond acceptors (Lipinski definition) is 4. The third kappa shape index (κ3) is 3.55. The third-order valence-electron chi connectivity index (χ3n) is 5.31. The molecule has 0 radical (unpaired) electrons. The highest BCUT2D eigenvalue weighted by molar-refractivity contribution is 7.15. The number of aromatic amines is 1. The summed E-state index contributed by atoms with van der Waals surface area (Å²) in [5.41, 5.74) is 2.34. The molecular weight excluding hydrogens is 401 g/mol. The van der Waals surface area contributed by atoms with Crippen LogP contribution < -0.4 is 0 Å². The minimum Gasteiger partial charge on any atom is -0.332 e. The van der Waals surface area contributed by atoms with E-state index in [9.17, 15) is 18.0 Å². The second-order valence-electron chi connectivity index (χ2n) is 7.42. The number of nitrogens with zero attached hydrogens (tertiary/aromatic N) is 3. The summed E-state index contributed by atoms with van der Waals surface area (Å²) < 4.78 is 38.3. The Hall–Kier alpha value is -2.68. The maximum atomic E-state index is 12.8. The molecular formula is C20H17F3N4OS. The summed E-state index contributed by atoms with van der Waals surface area (Å²) in [4.78, 5) is 20.1. The van der Waals surface area contributed by atoms with E-state index in [0.29, 0.717) is 41.7 Å². The molecule has 1 aliphatic carbocycles. The minimum absolute atomic E-state index is 0.108. The van der Waals surface area contributed by atoms with Crippen molar-refractivity contribution in [1.29, 1.82) is 0 Å². The fraction of sp³-hybridized carbons (Fsp3) is 0.350. The zero-order valence-corrected chi connectivity index (χ0v) is 16.1. The van der Waals surface area contributed by atoms with Crippen molar-refractivity contribution in [3.05, 3.63) is 57.9 Å². The normalized spacial score (nSPS) is 16.7. The Balaban J connectivity index is 1.33. The van der Waals surface area contributed by atoms with E-state index in [1.165, 1.54) is 23.5 Å². The monoisotopic (exact) mass is 418 g/mol. The molecule has 0 unspecified atom stereocenters. The van der Waals surface area contributed by atoms with E-state index in [0.717, 1.165) is 41.2 Å². The molecule has 1 fully saturated rings.